The first-order valence-electron chi connectivity index (χ1n) is 6.55. The van der Waals surface area contributed by atoms with Gasteiger partial charge in [-0.25, -0.2) is 0 Å². The average molecular weight is 250 g/mol. The number of hydrogen-bond donors (Lipinski definition) is 1. The van der Waals surface area contributed by atoms with Gasteiger partial charge in [-0.3, -0.25) is 0 Å². The molecule has 0 aliphatic heterocycles. The van der Waals surface area contributed by atoms with Crippen molar-refractivity contribution in [2.45, 2.75) is 49.9 Å². The summed E-state index contributed by atoms with van der Waals surface area (Å²) in [6, 6.07) is 8.33. The first-order valence-corrected chi connectivity index (χ1v) is 7.43. The van der Waals surface area contributed by atoms with Gasteiger partial charge in [-0.2, -0.15) is 0 Å². The van der Waals surface area contributed by atoms with Crippen LogP contribution in [0.25, 0.3) is 0 Å². The summed E-state index contributed by atoms with van der Waals surface area (Å²) in [4.78, 5) is 1.34. The van der Waals surface area contributed by atoms with Crippen molar-refractivity contribution in [1.82, 2.24) is 0 Å². The minimum Gasteiger partial charge on any atom is -0.392 e. The Morgan fingerprint density at radius 1 is 1.12 bits per heavy atom. The molecule has 17 heavy (non-hydrogen) atoms. The van der Waals surface area contributed by atoms with Gasteiger partial charge in [0, 0.05) is 10.1 Å². The minimum absolute atomic E-state index is 0.142. The topological polar surface area (TPSA) is 20.2 Å². The highest BCUT2D eigenvalue weighted by molar-refractivity contribution is 8.00. The monoisotopic (exact) mass is 250 g/mol. The number of thioether (sulfide) groups is 1. The van der Waals surface area contributed by atoms with Crippen LogP contribution < -0.4 is 0 Å². The summed E-state index contributed by atoms with van der Waals surface area (Å²) in [5.74, 6) is 1.75. The number of benzene rings is 1. The highest BCUT2D eigenvalue weighted by atomic mass is 32.2. The summed E-state index contributed by atoms with van der Waals surface area (Å²) in [5, 5.41) is 9.79. The molecule has 1 aromatic carbocycles. The zero-order valence-corrected chi connectivity index (χ0v) is 11.5. The second-order valence-corrected chi connectivity index (χ2v) is 6.68. The fourth-order valence-electron chi connectivity index (χ4n) is 2.47. The lowest BCUT2D eigenvalue weighted by Crippen LogP contribution is -2.22. The molecule has 1 aliphatic carbocycles. The van der Waals surface area contributed by atoms with Crippen LogP contribution >= 0.6 is 11.8 Å². The predicted molar refractivity (Wildman–Crippen MR) is 74.2 cm³/mol. The Balaban J connectivity index is 1.92. The molecule has 3 atom stereocenters. The van der Waals surface area contributed by atoms with E-state index in [4.69, 9.17) is 5.11 Å². The molecule has 2 heteroatoms. The molecule has 1 N–H and O–H groups in total. The van der Waals surface area contributed by atoms with Gasteiger partial charge in [0.05, 0.1) is 6.61 Å². The number of hydrogen-bond acceptors (Lipinski definition) is 2. The molecule has 0 heterocycles. The molecule has 0 aromatic heterocycles. The molecule has 0 bridgehead atoms. The molecule has 1 fully saturated rings. The smallest absolute Gasteiger partial charge is 0.0681 e. The summed E-state index contributed by atoms with van der Waals surface area (Å²) in [6.07, 6.45) is 4.05. The lowest BCUT2D eigenvalue weighted by Gasteiger charge is -2.31. The Morgan fingerprint density at radius 2 is 1.82 bits per heavy atom. The van der Waals surface area contributed by atoms with Crippen LogP contribution in [0.15, 0.2) is 29.2 Å². The van der Waals surface area contributed by atoms with Crippen molar-refractivity contribution in [3.05, 3.63) is 29.8 Å². The van der Waals surface area contributed by atoms with E-state index >= 15 is 0 Å². The maximum absolute atomic E-state index is 9.01. The van der Waals surface area contributed by atoms with Crippen molar-refractivity contribution < 1.29 is 5.11 Å². The zero-order valence-electron chi connectivity index (χ0n) is 10.7. The van der Waals surface area contributed by atoms with Crippen molar-refractivity contribution >= 4 is 11.8 Å². The summed E-state index contributed by atoms with van der Waals surface area (Å²) < 4.78 is 0. The normalized spacial score (nSPS) is 29.2. The lowest BCUT2D eigenvalue weighted by molar-refractivity contribution is 0.281. The quantitative estimate of drug-likeness (QED) is 0.871. The molecular formula is C15H22OS. The molecule has 0 saturated heterocycles. The summed E-state index contributed by atoms with van der Waals surface area (Å²) >= 11 is 2.01. The van der Waals surface area contributed by atoms with E-state index in [1.165, 1.54) is 24.2 Å². The van der Waals surface area contributed by atoms with Gasteiger partial charge in [0.1, 0.15) is 0 Å². The molecule has 94 valence electrons. The zero-order chi connectivity index (χ0) is 12.3. The van der Waals surface area contributed by atoms with Crippen LogP contribution in [0.5, 0.6) is 0 Å². The predicted octanol–water partition coefficient (Wildman–Crippen LogP) is 4.10. The van der Waals surface area contributed by atoms with Crippen molar-refractivity contribution in [1.29, 1.82) is 0 Å². The van der Waals surface area contributed by atoms with Gasteiger partial charge >= 0.3 is 0 Å². The van der Waals surface area contributed by atoms with Gasteiger partial charge < -0.3 is 5.11 Å². The van der Waals surface area contributed by atoms with E-state index in [0.717, 1.165) is 22.6 Å². The van der Waals surface area contributed by atoms with Gasteiger partial charge in [-0.1, -0.05) is 26.0 Å². The van der Waals surface area contributed by atoms with Crippen LogP contribution in [0.3, 0.4) is 0 Å². The second kappa shape index (κ2) is 5.92. The number of aliphatic hydroxyl groups is 1. The maximum Gasteiger partial charge on any atom is 0.0681 e. The molecule has 1 saturated carbocycles. The fourth-order valence-corrected chi connectivity index (χ4v) is 3.80. The van der Waals surface area contributed by atoms with Crippen molar-refractivity contribution in [2.75, 3.05) is 0 Å². The Labute approximate surface area is 109 Å². The van der Waals surface area contributed by atoms with E-state index in [1.807, 2.05) is 23.9 Å². The third-order valence-electron chi connectivity index (χ3n) is 3.96. The van der Waals surface area contributed by atoms with E-state index in [-0.39, 0.29) is 6.61 Å². The third kappa shape index (κ3) is 3.49. The third-order valence-corrected chi connectivity index (χ3v) is 5.26. The SMILES string of the molecule is CC1CCC(Sc2ccc(CO)cc2)CC1C. The largest absolute Gasteiger partial charge is 0.392 e. The fraction of sp³-hybridized carbons (Fsp3) is 0.600. The molecule has 3 unspecified atom stereocenters. The Hall–Kier alpha value is -0.470. The molecule has 0 radical (unpaired) electrons. The molecule has 0 spiro atoms. The van der Waals surface area contributed by atoms with Crippen molar-refractivity contribution in [2.24, 2.45) is 11.8 Å². The Kier molecular flexibility index (Phi) is 4.52. The molecule has 0 amide bonds. The maximum atomic E-state index is 9.01. The van der Waals surface area contributed by atoms with Crippen molar-refractivity contribution in [3.63, 3.8) is 0 Å². The van der Waals surface area contributed by atoms with Gasteiger partial charge in [0.15, 0.2) is 0 Å². The van der Waals surface area contributed by atoms with Gasteiger partial charge in [0.2, 0.25) is 0 Å². The van der Waals surface area contributed by atoms with Crippen LogP contribution in [-0.2, 0) is 6.61 Å². The number of aliphatic hydroxyl groups excluding tert-OH is 1. The Bertz CT molecular complexity index is 346. The van der Waals surface area contributed by atoms with Crippen molar-refractivity contribution in [3.8, 4) is 0 Å². The van der Waals surface area contributed by atoms with Gasteiger partial charge in [0.25, 0.3) is 0 Å². The molecule has 1 aromatic rings. The van der Waals surface area contributed by atoms with E-state index in [2.05, 4.69) is 26.0 Å². The summed E-state index contributed by atoms with van der Waals surface area (Å²) in [7, 11) is 0. The summed E-state index contributed by atoms with van der Waals surface area (Å²) in [5.41, 5.74) is 1.000. The Morgan fingerprint density at radius 3 is 2.41 bits per heavy atom. The van der Waals surface area contributed by atoms with E-state index < -0.39 is 0 Å². The molecular weight excluding hydrogens is 228 g/mol. The highest BCUT2D eigenvalue weighted by Gasteiger charge is 2.24. The van der Waals surface area contributed by atoms with Crippen LogP contribution in [0.2, 0.25) is 0 Å². The van der Waals surface area contributed by atoms with Crippen LogP contribution in [0.1, 0.15) is 38.7 Å². The van der Waals surface area contributed by atoms with Crippen LogP contribution in [-0.4, -0.2) is 10.4 Å². The standard InChI is InChI=1S/C15H22OS/c1-11-3-6-15(9-12(11)2)17-14-7-4-13(10-16)5-8-14/h4-5,7-8,11-12,15-16H,3,6,9-10H2,1-2H3. The first kappa shape index (κ1) is 13.0. The average Bonchev–Trinajstić information content (AvgIpc) is 2.35. The summed E-state index contributed by atoms with van der Waals surface area (Å²) in [6.45, 7) is 4.90. The van der Waals surface area contributed by atoms with Crippen LogP contribution in [0, 0.1) is 11.8 Å². The van der Waals surface area contributed by atoms with Crippen LogP contribution in [0.4, 0.5) is 0 Å². The highest BCUT2D eigenvalue weighted by Crippen LogP contribution is 2.38. The number of rotatable bonds is 3. The molecule has 2 rings (SSSR count). The second-order valence-electron chi connectivity index (χ2n) is 5.31. The molecule has 1 aliphatic rings. The van der Waals surface area contributed by atoms with Gasteiger partial charge in [-0.15, -0.1) is 11.8 Å². The first-order chi connectivity index (χ1) is 8.19. The van der Waals surface area contributed by atoms with E-state index in [0.29, 0.717) is 0 Å². The lowest BCUT2D eigenvalue weighted by atomic mass is 9.81. The van der Waals surface area contributed by atoms with Gasteiger partial charge in [-0.05, 0) is 48.8 Å². The van der Waals surface area contributed by atoms with E-state index in [1.54, 1.807) is 0 Å². The van der Waals surface area contributed by atoms with E-state index in [9.17, 15) is 0 Å². The molecule has 1 nitrogen and oxygen atoms in total. The minimum atomic E-state index is 0.142.